The second-order valence-corrected chi connectivity index (χ2v) is 18.5. The smallest absolute Gasteiger partial charge is 0.210 e. The maximum absolute atomic E-state index is 7.02. The maximum Gasteiger partial charge on any atom is 0.210 e. The average molecular weight is 610 g/mol. The van der Waals surface area contributed by atoms with Crippen molar-refractivity contribution in [2.24, 2.45) is 59.2 Å². The summed E-state index contributed by atoms with van der Waals surface area (Å²) in [6.45, 7) is 2.49. The van der Waals surface area contributed by atoms with Crippen molar-refractivity contribution in [2.45, 2.75) is 158 Å². The predicted molar refractivity (Wildman–Crippen MR) is 160 cm³/mol. The highest BCUT2D eigenvalue weighted by Gasteiger charge is 2.68. The topological polar surface area (TPSA) is 58.6 Å². The molecule has 2 heterocycles. The Morgan fingerprint density at radius 1 is 0.432 bits per heavy atom. The van der Waals surface area contributed by atoms with Crippen LogP contribution in [0.2, 0.25) is 0 Å². The minimum absolute atomic E-state index is 0.424. The van der Waals surface area contributed by atoms with Crippen LogP contribution in [0.5, 0.6) is 0 Å². The summed E-state index contributed by atoms with van der Waals surface area (Å²) >= 11 is 0. The monoisotopic (exact) mass is 609 g/mol. The quantitative estimate of drug-likeness (QED) is 0.300. The van der Waals surface area contributed by atoms with Gasteiger partial charge in [0.15, 0.2) is 0 Å². The van der Waals surface area contributed by atoms with Crippen molar-refractivity contribution >= 4 is 0 Å². The SMILES string of the molecule is C1CC2(CCC1CN(CC1CCC3(CC1)OOC1(O3)C3CC4CC(C3)CC1C4)C1CC1)OOC1(O2)C2CC3CC(C2)CC1C3. The third-order valence-corrected chi connectivity index (χ3v) is 15.7. The zero-order chi connectivity index (χ0) is 28.7. The van der Waals surface area contributed by atoms with Crippen LogP contribution >= 0.6 is 0 Å². The highest BCUT2D eigenvalue weighted by molar-refractivity contribution is 5.07. The summed E-state index contributed by atoms with van der Waals surface area (Å²) < 4.78 is 14.0. The van der Waals surface area contributed by atoms with Gasteiger partial charge in [0.05, 0.1) is 0 Å². The third-order valence-electron chi connectivity index (χ3n) is 15.7. The number of ether oxygens (including phenoxy) is 2. The minimum atomic E-state index is -0.480. The van der Waals surface area contributed by atoms with Gasteiger partial charge in [0, 0.05) is 68.5 Å². The summed E-state index contributed by atoms with van der Waals surface area (Å²) in [4.78, 5) is 28.0. The molecular formula is C37H55NO6. The lowest BCUT2D eigenvalue weighted by atomic mass is 9.53. The van der Waals surface area contributed by atoms with E-state index in [9.17, 15) is 0 Å². The molecule has 0 N–H and O–H groups in total. The van der Waals surface area contributed by atoms with E-state index >= 15 is 0 Å². The molecule has 13 rings (SSSR count). The van der Waals surface area contributed by atoms with Gasteiger partial charge in [-0.2, -0.15) is 19.6 Å². The molecule has 0 unspecified atom stereocenters. The van der Waals surface area contributed by atoms with Crippen LogP contribution < -0.4 is 0 Å². The van der Waals surface area contributed by atoms with Crippen molar-refractivity contribution < 1.29 is 29.0 Å². The molecule has 11 aliphatic carbocycles. The minimum Gasteiger partial charge on any atom is -0.312 e. The van der Waals surface area contributed by atoms with E-state index in [0.717, 1.165) is 67.2 Å². The van der Waals surface area contributed by atoms with Crippen LogP contribution in [0.3, 0.4) is 0 Å². The number of rotatable bonds is 5. The Hall–Kier alpha value is -0.280. The predicted octanol–water partition coefficient (Wildman–Crippen LogP) is 7.49. The van der Waals surface area contributed by atoms with E-state index in [-0.39, 0.29) is 0 Å². The zero-order valence-corrected chi connectivity index (χ0v) is 26.8. The first-order chi connectivity index (χ1) is 21.5. The van der Waals surface area contributed by atoms with Crippen LogP contribution in [0.1, 0.15) is 128 Å². The summed E-state index contributed by atoms with van der Waals surface area (Å²) in [5, 5.41) is 0. The van der Waals surface area contributed by atoms with Gasteiger partial charge in [-0.05, 0) is 138 Å². The average Bonchev–Trinajstić information content (AvgIpc) is 3.71. The molecule has 0 amide bonds. The van der Waals surface area contributed by atoms with Gasteiger partial charge in [0.25, 0.3) is 0 Å². The van der Waals surface area contributed by atoms with Crippen LogP contribution in [0.4, 0.5) is 0 Å². The number of hydrogen-bond donors (Lipinski definition) is 0. The molecule has 2 aliphatic heterocycles. The van der Waals surface area contributed by atoms with Crippen molar-refractivity contribution in [3.63, 3.8) is 0 Å². The zero-order valence-electron chi connectivity index (χ0n) is 26.8. The fraction of sp³-hybridized carbons (Fsp3) is 1.00. The lowest BCUT2D eigenvalue weighted by molar-refractivity contribution is -0.390. The molecule has 0 aromatic rings. The first kappa shape index (κ1) is 27.6. The Morgan fingerprint density at radius 3 is 1.14 bits per heavy atom. The lowest BCUT2D eigenvalue weighted by Crippen LogP contribution is -2.59. The third kappa shape index (κ3) is 4.18. The van der Waals surface area contributed by atoms with Gasteiger partial charge in [-0.3, -0.25) is 4.90 Å². The molecule has 11 saturated carbocycles. The van der Waals surface area contributed by atoms with Crippen LogP contribution in [0.15, 0.2) is 0 Å². The van der Waals surface area contributed by atoms with Crippen molar-refractivity contribution in [1.82, 2.24) is 4.90 Å². The van der Waals surface area contributed by atoms with Crippen LogP contribution in [0.25, 0.3) is 0 Å². The normalized spacial score (nSPS) is 58.6. The molecule has 7 heteroatoms. The van der Waals surface area contributed by atoms with Crippen molar-refractivity contribution in [3.8, 4) is 0 Å². The van der Waals surface area contributed by atoms with E-state index in [2.05, 4.69) is 4.90 Å². The molecular weight excluding hydrogens is 554 g/mol. The Bertz CT molecular complexity index is 999. The van der Waals surface area contributed by atoms with Gasteiger partial charge in [-0.15, -0.1) is 0 Å². The molecule has 0 aromatic carbocycles. The Balaban J connectivity index is 0.696. The first-order valence-corrected chi connectivity index (χ1v) is 19.4. The van der Waals surface area contributed by atoms with Gasteiger partial charge >= 0.3 is 0 Å². The van der Waals surface area contributed by atoms with Crippen molar-refractivity contribution in [3.05, 3.63) is 0 Å². The van der Waals surface area contributed by atoms with Gasteiger partial charge in [-0.1, -0.05) is 0 Å². The van der Waals surface area contributed by atoms with Gasteiger partial charge in [0.1, 0.15) is 0 Å². The highest BCUT2D eigenvalue weighted by Crippen LogP contribution is 2.65. The number of nitrogens with zero attached hydrogens (tertiary/aromatic N) is 1. The van der Waals surface area contributed by atoms with Crippen LogP contribution in [0, 0.1) is 59.2 Å². The summed E-state index contributed by atoms with van der Waals surface area (Å²) in [5.41, 5.74) is 0. The lowest BCUT2D eigenvalue weighted by Gasteiger charge is -2.57. The Labute approximate surface area is 263 Å². The molecule has 0 atom stereocenters. The van der Waals surface area contributed by atoms with E-state index in [1.54, 1.807) is 0 Å². The maximum atomic E-state index is 7.02. The van der Waals surface area contributed by atoms with Gasteiger partial charge < -0.3 is 9.47 Å². The molecule has 13 fully saturated rings. The van der Waals surface area contributed by atoms with E-state index in [1.165, 1.54) is 116 Å². The van der Waals surface area contributed by atoms with Crippen molar-refractivity contribution in [2.75, 3.05) is 13.1 Å². The molecule has 13 aliphatic rings. The van der Waals surface area contributed by atoms with E-state index in [1.807, 2.05) is 0 Å². The van der Waals surface area contributed by atoms with Crippen LogP contribution in [-0.4, -0.2) is 47.2 Å². The molecule has 2 saturated heterocycles. The second kappa shape index (κ2) is 9.66. The summed E-state index contributed by atoms with van der Waals surface area (Å²) in [7, 11) is 0. The fourth-order valence-electron chi connectivity index (χ4n) is 13.7. The summed E-state index contributed by atoms with van der Waals surface area (Å²) in [6, 6.07) is 0.805. The summed E-state index contributed by atoms with van der Waals surface area (Å²) in [6.07, 6.45) is 24.8. The molecule has 0 aromatic heterocycles. The van der Waals surface area contributed by atoms with Gasteiger partial charge in [0.2, 0.25) is 23.1 Å². The Morgan fingerprint density at radius 2 is 0.795 bits per heavy atom. The largest absolute Gasteiger partial charge is 0.312 e. The molecule has 44 heavy (non-hydrogen) atoms. The number of hydrogen-bond acceptors (Lipinski definition) is 7. The molecule has 4 spiro atoms. The van der Waals surface area contributed by atoms with Crippen LogP contribution in [-0.2, 0) is 29.0 Å². The van der Waals surface area contributed by atoms with Crippen molar-refractivity contribution in [1.29, 1.82) is 0 Å². The Kier molecular flexibility index (Phi) is 6.07. The molecule has 7 nitrogen and oxygen atoms in total. The second-order valence-electron chi connectivity index (χ2n) is 18.5. The molecule has 8 bridgehead atoms. The highest BCUT2D eigenvalue weighted by atomic mass is 17.3. The first-order valence-electron chi connectivity index (χ1n) is 19.4. The fourth-order valence-corrected chi connectivity index (χ4v) is 13.7. The van der Waals surface area contributed by atoms with E-state index in [0.29, 0.717) is 23.7 Å². The standard InChI is InChI=1S/C37H55NO6/c1-2-33(1)38(21-23-3-7-34(8-4-23)39-36(43-41-34)29-13-25-11-26(15-29)16-30(36)14-25)22-24-5-9-35(10-6-24)40-37(44-42-35)31-17-27-12-28(19-31)20-32(37)18-27/h23-33H,1-22H2. The van der Waals surface area contributed by atoms with E-state index in [4.69, 9.17) is 29.0 Å². The van der Waals surface area contributed by atoms with Gasteiger partial charge in [-0.25, -0.2) is 0 Å². The molecule has 244 valence electrons. The summed E-state index contributed by atoms with van der Waals surface area (Å²) in [5.74, 6) is 5.55. The molecule has 0 radical (unpaired) electrons. The van der Waals surface area contributed by atoms with E-state index < -0.39 is 23.1 Å².